The molecule has 2 aromatic rings. The first-order valence-corrected chi connectivity index (χ1v) is 5.78. The predicted octanol–water partition coefficient (Wildman–Crippen LogP) is 1.42. The molecule has 2 rings (SSSR count). The lowest BCUT2D eigenvalue weighted by Gasteiger charge is -2.06. The van der Waals surface area contributed by atoms with E-state index < -0.39 is 0 Å². The van der Waals surface area contributed by atoms with E-state index in [1.54, 1.807) is 24.3 Å². The van der Waals surface area contributed by atoms with Crippen LogP contribution in [0.3, 0.4) is 0 Å². The van der Waals surface area contributed by atoms with Crippen molar-refractivity contribution in [2.75, 3.05) is 11.9 Å². The van der Waals surface area contributed by atoms with E-state index in [1.807, 2.05) is 6.92 Å². The molecule has 0 saturated heterocycles. The molecule has 0 fully saturated rings. The summed E-state index contributed by atoms with van der Waals surface area (Å²) in [7, 11) is 0. The van der Waals surface area contributed by atoms with Crippen LogP contribution in [0, 0.1) is 0 Å². The van der Waals surface area contributed by atoms with Crippen LogP contribution >= 0.6 is 0 Å². The number of aromatic amines is 1. The lowest BCUT2D eigenvalue weighted by Crippen LogP contribution is -2.16. The summed E-state index contributed by atoms with van der Waals surface area (Å²) in [5.41, 5.74) is 0.424. The highest BCUT2D eigenvalue weighted by atomic mass is 16.5. The minimum atomic E-state index is -0.389. The minimum Gasteiger partial charge on any atom is -0.494 e. The van der Waals surface area contributed by atoms with E-state index in [0.29, 0.717) is 12.3 Å². The summed E-state index contributed by atoms with van der Waals surface area (Å²) in [5.74, 6) is 0.350. The molecule has 6 nitrogen and oxygen atoms in total. The number of H-pyrrole nitrogens is 1. The van der Waals surface area contributed by atoms with Crippen LogP contribution in [0.5, 0.6) is 5.75 Å². The highest BCUT2D eigenvalue weighted by molar-refractivity contribution is 6.02. The van der Waals surface area contributed by atoms with Gasteiger partial charge in [-0.05, 0) is 31.2 Å². The molecule has 19 heavy (non-hydrogen) atoms. The average molecular weight is 259 g/mol. The number of aromatic nitrogens is 2. The maximum absolute atomic E-state index is 11.8. The normalized spacial score (nSPS) is 9.95. The molecule has 0 atom stereocenters. The first-order valence-electron chi connectivity index (χ1n) is 5.78. The van der Waals surface area contributed by atoms with Crippen molar-refractivity contribution in [3.63, 3.8) is 0 Å². The van der Waals surface area contributed by atoms with Gasteiger partial charge < -0.3 is 15.0 Å². The summed E-state index contributed by atoms with van der Waals surface area (Å²) in [4.78, 5) is 28.8. The zero-order valence-corrected chi connectivity index (χ0v) is 10.3. The molecule has 0 unspecified atom stereocenters. The quantitative estimate of drug-likeness (QED) is 0.869. The number of carbonyl (C=O) groups excluding carboxylic acids is 1. The molecule has 0 aliphatic heterocycles. The van der Waals surface area contributed by atoms with Crippen LogP contribution in [0.4, 0.5) is 5.69 Å². The van der Waals surface area contributed by atoms with Gasteiger partial charge in [-0.3, -0.25) is 9.59 Å². The van der Waals surface area contributed by atoms with E-state index in [1.165, 1.54) is 6.20 Å². The molecule has 0 bridgehead atoms. The number of rotatable bonds is 4. The molecule has 0 spiro atoms. The maximum Gasteiger partial charge on any atom is 0.275 e. The van der Waals surface area contributed by atoms with Gasteiger partial charge in [-0.15, -0.1) is 0 Å². The number of amides is 1. The first-order chi connectivity index (χ1) is 9.19. The number of anilines is 1. The summed E-state index contributed by atoms with van der Waals surface area (Å²) in [6.45, 7) is 2.49. The molecule has 1 heterocycles. The largest absolute Gasteiger partial charge is 0.494 e. The second-order valence-electron chi connectivity index (χ2n) is 3.71. The summed E-state index contributed by atoms with van der Waals surface area (Å²) in [6, 6.07) is 6.99. The lowest BCUT2D eigenvalue weighted by atomic mass is 10.3. The molecule has 2 N–H and O–H groups in total. The van der Waals surface area contributed by atoms with E-state index in [9.17, 15) is 9.59 Å². The van der Waals surface area contributed by atoms with Gasteiger partial charge in [0.15, 0.2) is 0 Å². The summed E-state index contributed by atoms with van der Waals surface area (Å²) < 4.78 is 5.30. The fourth-order valence-electron chi connectivity index (χ4n) is 1.46. The molecule has 1 aromatic heterocycles. The monoisotopic (exact) mass is 259 g/mol. The minimum absolute atomic E-state index is 0.147. The van der Waals surface area contributed by atoms with Crippen LogP contribution in [0.15, 0.2) is 41.5 Å². The van der Waals surface area contributed by atoms with E-state index in [0.717, 1.165) is 11.9 Å². The third-order valence-electron chi connectivity index (χ3n) is 2.33. The van der Waals surface area contributed by atoms with Gasteiger partial charge in [0, 0.05) is 11.9 Å². The van der Waals surface area contributed by atoms with Crippen molar-refractivity contribution < 1.29 is 9.53 Å². The summed E-state index contributed by atoms with van der Waals surface area (Å²) in [6.07, 6.45) is 2.33. The molecular weight excluding hydrogens is 246 g/mol. The number of nitrogens with zero attached hydrogens (tertiary/aromatic N) is 1. The van der Waals surface area contributed by atoms with Crippen molar-refractivity contribution in [1.29, 1.82) is 0 Å². The Balaban J connectivity index is 2.06. The van der Waals surface area contributed by atoms with Crippen molar-refractivity contribution >= 4 is 11.6 Å². The van der Waals surface area contributed by atoms with Crippen LogP contribution in [-0.2, 0) is 0 Å². The Kier molecular flexibility index (Phi) is 3.92. The number of nitrogens with one attached hydrogen (secondary N) is 2. The van der Waals surface area contributed by atoms with Gasteiger partial charge in [-0.1, -0.05) is 0 Å². The van der Waals surface area contributed by atoms with E-state index >= 15 is 0 Å². The molecule has 0 saturated carbocycles. The Morgan fingerprint density at radius 1 is 1.37 bits per heavy atom. The highest BCUT2D eigenvalue weighted by Gasteiger charge is 2.07. The smallest absolute Gasteiger partial charge is 0.275 e. The molecular formula is C13H13N3O3. The number of carbonyl (C=O) groups is 1. The van der Waals surface area contributed by atoms with Gasteiger partial charge >= 0.3 is 0 Å². The van der Waals surface area contributed by atoms with Crippen molar-refractivity contribution in [2.45, 2.75) is 6.92 Å². The van der Waals surface area contributed by atoms with Crippen molar-refractivity contribution in [3.05, 3.63) is 52.7 Å². The van der Waals surface area contributed by atoms with Gasteiger partial charge in [0.05, 0.1) is 12.8 Å². The second kappa shape index (κ2) is 5.81. The van der Waals surface area contributed by atoms with Gasteiger partial charge in [0.25, 0.3) is 11.5 Å². The molecule has 0 radical (unpaired) electrons. The molecule has 0 aliphatic rings. The second-order valence-corrected chi connectivity index (χ2v) is 3.71. The van der Waals surface area contributed by atoms with E-state index in [4.69, 9.17) is 4.74 Å². The van der Waals surface area contributed by atoms with E-state index in [2.05, 4.69) is 15.3 Å². The number of hydrogen-bond acceptors (Lipinski definition) is 4. The zero-order valence-electron chi connectivity index (χ0n) is 10.3. The van der Waals surface area contributed by atoms with Gasteiger partial charge in [0.1, 0.15) is 11.4 Å². The van der Waals surface area contributed by atoms with Gasteiger partial charge in [0.2, 0.25) is 0 Å². The molecule has 6 heteroatoms. The number of ether oxygens (including phenoxy) is 1. The van der Waals surface area contributed by atoms with Crippen LogP contribution < -0.4 is 15.6 Å². The lowest BCUT2D eigenvalue weighted by molar-refractivity contribution is 0.102. The maximum atomic E-state index is 11.8. The number of hydrogen-bond donors (Lipinski definition) is 2. The molecule has 0 aliphatic carbocycles. The van der Waals surface area contributed by atoms with Crippen molar-refractivity contribution in [2.24, 2.45) is 0 Å². The first kappa shape index (κ1) is 12.8. The highest BCUT2D eigenvalue weighted by Crippen LogP contribution is 2.15. The van der Waals surface area contributed by atoms with Crippen LogP contribution in [0.1, 0.15) is 17.4 Å². The topological polar surface area (TPSA) is 84.1 Å². The molecule has 1 aromatic carbocycles. The Labute approximate surface area is 109 Å². The molecule has 98 valence electrons. The standard InChI is InChI=1S/C13H13N3O3/c1-2-19-10-5-3-9(4-6-10)16-13(18)11-7-15-12(17)8-14-11/h3-8H,2H2,1H3,(H,15,17)(H,16,18). The van der Waals surface area contributed by atoms with Crippen LogP contribution in [0.2, 0.25) is 0 Å². The average Bonchev–Trinajstić information content (AvgIpc) is 2.42. The number of benzene rings is 1. The van der Waals surface area contributed by atoms with Crippen molar-refractivity contribution in [1.82, 2.24) is 9.97 Å². The predicted molar refractivity (Wildman–Crippen MR) is 70.4 cm³/mol. The zero-order chi connectivity index (χ0) is 13.7. The third kappa shape index (κ3) is 3.41. The third-order valence-corrected chi connectivity index (χ3v) is 2.33. The fourth-order valence-corrected chi connectivity index (χ4v) is 1.46. The van der Waals surface area contributed by atoms with Gasteiger partial charge in [-0.25, -0.2) is 4.98 Å². The Morgan fingerprint density at radius 3 is 2.68 bits per heavy atom. The Hall–Kier alpha value is -2.63. The molecule has 1 amide bonds. The SMILES string of the molecule is CCOc1ccc(NC(=O)c2c[nH]c(=O)cn2)cc1. The summed E-state index contributed by atoms with van der Waals surface area (Å²) >= 11 is 0. The Morgan fingerprint density at radius 2 is 2.11 bits per heavy atom. The summed E-state index contributed by atoms with van der Waals surface area (Å²) in [5, 5.41) is 2.67. The van der Waals surface area contributed by atoms with Crippen LogP contribution in [0.25, 0.3) is 0 Å². The van der Waals surface area contributed by atoms with Gasteiger partial charge in [-0.2, -0.15) is 0 Å². The Bertz CT molecular complexity index is 599. The fraction of sp³-hybridized carbons (Fsp3) is 0.154. The van der Waals surface area contributed by atoms with Crippen LogP contribution in [-0.4, -0.2) is 22.5 Å². The van der Waals surface area contributed by atoms with Crippen molar-refractivity contribution in [3.8, 4) is 5.75 Å². The van der Waals surface area contributed by atoms with E-state index in [-0.39, 0.29) is 17.2 Å².